The number of methoxy groups -OCH3 is 1. The van der Waals surface area contributed by atoms with Crippen LogP contribution in [0.3, 0.4) is 0 Å². The maximum Gasteiger partial charge on any atom is 0.119 e. The van der Waals surface area contributed by atoms with Gasteiger partial charge in [0.15, 0.2) is 0 Å². The molecule has 0 spiro atoms. The third-order valence-corrected chi connectivity index (χ3v) is 4.78. The highest BCUT2D eigenvalue weighted by Gasteiger charge is 2.19. The zero-order chi connectivity index (χ0) is 13.0. The molecule has 0 saturated carbocycles. The normalized spacial score (nSPS) is 18.6. The van der Waals surface area contributed by atoms with Crippen LogP contribution >= 0.6 is 11.8 Å². The van der Waals surface area contributed by atoms with Gasteiger partial charge in [-0.1, -0.05) is 6.07 Å². The van der Waals surface area contributed by atoms with Gasteiger partial charge in [-0.25, -0.2) is 0 Å². The van der Waals surface area contributed by atoms with Gasteiger partial charge in [0.2, 0.25) is 0 Å². The number of hydrogen-bond donors (Lipinski definition) is 1. The average molecular weight is 266 g/mol. The molecule has 1 aromatic rings. The maximum absolute atomic E-state index is 10.4. The topological polar surface area (TPSA) is 29.5 Å². The molecule has 0 radical (unpaired) electrons. The van der Waals surface area contributed by atoms with Crippen molar-refractivity contribution < 1.29 is 9.84 Å². The SMILES string of the molecule is COc1ccc(C(O)CC2CCSCC2)c(C)c1. The fraction of sp³-hybridized carbons (Fsp3) is 0.600. The average Bonchev–Trinajstić information content (AvgIpc) is 2.39. The van der Waals surface area contributed by atoms with Gasteiger partial charge in [-0.2, -0.15) is 11.8 Å². The summed E-state index contributed by atoms with van der Waals surface area (Å²) in [6.07, 6.45) is 3.06. The maximum atomic E-state index is 10.4. The summed E-state index contributed by atoms with van der Waals surface area (Å²) in [4.78, 5) is 0. The Balaban J connectivity index is 2.01. The lowest BCUT2D eigenvalue weighted by atomic mass is 9.91. The first-order valence-electron chi connectivity index (χ1n) is 6.61. The van der Waals surface area contributed by atoms with E-state index >= 15 is 0 Å². The number of benzene rings is 1. The van der Waals surface area contributed by atoms with E-state index in [1.807, 2.05) is 36.9 Å². The monoisotopic (exact) mass is 266 g/mol. The van der Waals surface area contributed by atoms with E-state index in [9.17, 15) is 5.11 Å². The summed E-state index contributed by atoms with van der Waals surface area (Å²) in [6.45, 7) is 2.04. The minimum absolute atomic E-state index is 0.330. The Labute approximate surface area is 114 Å². The van der Waals surface area contributed by atoms with Crippen LogP contribution in [-0.2, 0) is 0 Å². The van der Waals surface area contributed by atoms with Crippen LogP contribution in [0.2, 0.25) is 0 Å². The Morgan fingerprint density at radius 2 is 2.11 bits per heavy atom. The highest BCUT2D eigenvalue weighted by Crippen LogP contribution is 2.32. The zero-order valence-electron chi connectivity index (χ0n) is 11.2. The summed E-state index contributed by atoms with van der Waals surface area (Å²) in [7, 11) is 1.67. The fourth-order valence-electron chi connectivity index (χ4n) is 2.57. The van der Waals surface area contributed by atoms with Crippen LogP contribution in [0.1, 0.15) is 36.5 Å². The van der Waals surface area contributed by atoms with E-state index in [-0.39, 0.29) is 6.10 Å². The van der Waals surface area contributed by atoms with Crippen molar-refractivity contribution in [3.05, 3.63) is 29.3 Å². The Kier molecular flexibility index (Phi) is 4.95. The Morgan fingerprint density at radius 1 is 1.39 bits per heavy atom. The molecule has 1 unspecified atom stereocenters. The number of aryl methyl sites for hydroxylation is 1. The molecule has 2 rings (SSSR count). The van der Waals surface area contributed by atoms with Gasteiger partial charge >= 0.3 is 0 Å². The zero-order valence-corrected chi connectivity index (χ0v) is 12.0. The van der Waals surface area contributed by atoms with Crippen molar-refractivity contribution in [2.24, 2.45) is 5.92 Å². The Bertz CT molecular complexity index is 386. The first-order chi connectivity index (χ1) is 8.70. The first-order valence-corrected chi connectivity index (χ1v) is 7.76. The summed E-state index contributed by atoms with van der Waals surface area (Å²) in [5.74, 6) is 4.04. The van der Waals surface area contributed by atoms with Crippen molar-refractivity contribution >= 4 is 11.8 Å². The predicted octanol–water partition coefficient (Wildman–Crippen LogP) is 3.57. The van der Waals surface area contributed by atoms with Crippen LogP contribution in [0.25, 0.3) is 0 Å². The quantitative estimate of drug-likeness (QED) is 0.903. The van der Waals surface area contributed by atoms with Gasteiger partial charge in [0.05, 0.1) is 13.2 Å². The fourth-order valence-corrected chi connectivity index (χ4v) is 3.78. The highest BCUT2D eigenvalue weighted by molar-refractivity contribution is 7.99. The first kappa shape index (κ1) is 13.8. The number of aliphatic hydroxyl groups excluding tert-OH is 1. The van der Waals surface area contributed by atoms with Crippen LogP contribution < -0.4 is 4.74 Å². The molecule has 0 bridgehead atoms. The molecule has 0 aliphatic carbocycles. The van der Waals surface area contributed by atoms with Crippen molar-refractivity contribution in [1.29, 1.82) is 0 Å². The van der Waals surface area contributed by atoms with E-state index in [0.29, 0.717) is 5.92 Å². The van der Waals surface area contributed by atoms with Crippen LogP contribution in [0.5, 0.6) is 5.75 Å². The molecule has 3 heteroatoms. The standard InChI is InChI=1S/C15H22O2S/c1-11-9-13(17-2)3-4-14(11)15(16)10-12-5-7-18-8-6-12/h3-4,9,12,15-16H,5-8,10H2,1-2H3. The lowest BCUT2D eigenvalue weighted by molar-refractivity contribution is 0.140. The van der Waals surface area contributed by atoms with E-state index < -0.39 is 0 Å². The molecule has 1 fully saturated rings. The number of thioether (sulfide) groups is 1. The van der Waals surface area contributed by atoms with Crippen LogP contribution in [-0.4, -0.2) is 23.7 Å². The second-order valence-electron chi connectivity index (χ2n) is 5.03. The van der Waals surface area contributed by atoms with Gasteiger partial charge in [0.1, 0.15) is 5.75 Å². The molecule has 2 nitrogen and oxygen atoms in total. The summed E-state index contributed by atoms with van der Waals surface area (Å²) in [5.41, 5.74) is 2.17. The van der Waals surface area contributed by atoms with E-state index in [1.54, 1.807) is 7.11 Å². The number of ether oxygens (including phenoxy) is 1. The molecule has 1 heterocycles. The molecule has 1 aromatic carbocycles. The molecule has 100 valence electrons. The molecule has 1 N–H and O–H groups in total. The van der Waals surface area contributed by atoms with Gasteiger partial charge < -0.3 is 9.84 Å². The van der Waals surface area contributed by atoms with Gasteiger partial charge in [-0.05, 0) is 66.9 Å². The van der Waals surface area contributed by atoms with Gasteiger partial charge in [-0.3, -0.25) is 0 Å². The Morgan fingerprint density at radius 3 is 2.72 bits per heavy atom. The van der Waals surface area contributed by atoms with Crippen molar-refractivity contribution in [3.8, 4) is 5.75 Å². The van der Waals surface area contributed by atoms with Crippen molar-refractivity contribution in [3.63, 3.8) is 0 Å². The summed E-state index contributed by atoms with van der Waals surface area (Å²) >= 11 is 2.03. The van der Waals surface area contributed by atoms with E-state index in [4.69, 9.17) is 4.74 Å². The lowest BCUT2D eigenvalue weighted by Gasteiger charge is -2.24. The molecular formula is C15H22O2S. The summed E-state index contributed by atoms with van der Waals surface area (Å²) in [6, 6.07) is 5.92. The van der Waals surface area contributed by atoms with Crippen LogP contribution in [0, 0.1) is 12.8 Å². The van der Waals surface area contributed by atoms with E-state index in [1.165, 1.54) is 24.3 Å². The summed E-state index contributed by atoms with van der Waals surface area (Å²) < 4.78 is 5.20. The largest absolute Gasteiger partial charge is 0.497 e. The second kappa shape index (κ2) is 6.48. The minimum atomic E-state index is -0.330. The molecule has 0 amide bonds. The molecule has 1 aliphatic heterocycles. The smallest absolute Gasteiger partial charge is 0.119 e. The van der Waals surface area contributed by atoms with Crippen molar-refractivity contribution in [2.45, 2.75) is 32.3 Å². The molecule has 1 aliphatic rings. The van der Waals surface area contributed by atoms with Gasteiger partial charge in [0, 0.05) is 0 Å². The Hall–Kier alpha value is -0.670. The van der Waals surface area contributed by atoms with Crippen molar-refractivity contribution in [1.82, 2.24) is 0 Å². The molecule has 1 saturated heterocycles. The number of hydrogen-bond acceptors (Lipinski definition) is 3. The highest BCUT2D eigenvalue weighted by atomic mass is 32.2. The predicted molar refractivity (Wildman–Crippen MR) is 77.4 cm³/mol. The minimum Gasteiger partial charge on any atom is -0.497 e. The van der Waals surface area contributed by atoms with Crippen molar-refractivity contribution in [2.75, 3.05) is 18.6 Å². The molecule has 1 atom stereocenters. The second-order valence-corrected chi connectivity index (χ2v) is 6.25. The third kappa shape index (κ3) is 3.42. The molecule has 0 aromatic heterocycles. The lowest BCUT2D eigenvalue weighted by Crippen LogP contribution is -2.14. The number of rotatable bonds is 4. The van der Waals surface area contributed by atoms with Crippen LogP contribution in [0.4, 0.5) is 0 Å². The summed E-state index contributed by atoms with van der Waals surface area (Å²) in [5, 5.41) is 10.4. The molecular weight excluding hydrogens is 244 g/mol. The van der Waals surface area contributed by atoms with E-state index in [0.717, 1.165) is 23.3 Å². The van der Waals surface area contributed by atoms with Gasteiger partial charge in [0.25, 0.3) is 0 Å². The van der Waals surface area contributed by atoms with E-state index in [2.05, 4.69) is 0 Å². The molecule has 18 heavy (non-hydrogen) atoms. The third-order valence-electron chi connectivity index (χ3n) is 3.73. The van der Waals surface area contributed by atoms with Gasteiger partial charge in [-0.15, -0.1) is 0 Å². The number of aliphatic hydroxyl groups is 1. The van der Waals surface area contributed by atoms with Crippen LogP contribution in [0.15, 0.2) is 18.2 Å².